The van der Waals surface area contributed by atoms with Crippen LogP contribution in [0.1, 0.15) is 38.2 Å². The fourth-order valence-electron chi connectivity index (χ4n) is 4.75. The van der Waals surface area contributed by atoms with Crippen molar-refractivity contribution in [3.05, 3.63) is 70.0 Å². The van der Waals surface area contributed by atoms with Crippen LogP contribution in [0.4, 0.5) is 10.1 Å². The van der Waals surface area contributed by atoms with Crippen molar-refractivity contribution in [3.63, 3.8) is 0 Å². The average Bonchev–Trinajstić information content (AvgIpc) is 3.41. The van der Waals surface area contributed by atoms with E-state index in [0.29, 0.717) is 28.7 Å². The Hall–Kier alpha value is -2.47. The molecule has 0 heterocycles. The van der Waals surface area contributed by atoms with E-state index in [9.17, 15) is 14.0 Å². The number of nitrogens with zero attached hydrogens (tertiary/aromatic N) is 1. The first kappa shape index (κ1) is 20.4. The molecule has 0 spiro atoms. The monoisotopic (exact) mass is 486 g/mol. The van der Waals surface area contributed by atoms with Gasteiger partial charge in [0.25, 0.3) is 0 Å². The second-order valence-electron chi connectivity index (χ2n) is 8.27. The molecule has 4 unspecified atom stereocenters. The molecular weight excluding hydrogens is 461 g/mol. The Kier molecular flexibility index (Phi) is 6.16. The van der Waals surface area contributed by atoms with Crippen molar-refractivity contribution >= 4 is 39.6 Å². The molecule has 2 fully saturated rings. The summed E-state index contributed by atoms with van der Waals surface area (Å²) in [7, 11) is 1.27. The quantitative estimate of drug-likeness (QED) is 0.386. The van der Waals surface area contributed by atoms with Crippen molar-refractivity contribution in [1.29, 1.82) is 0 Å². The zero-order chi connectivity index (χ0) is 22.8. The predicted molar refractivity (Wildman–Crippen MR) is 122 cm³/mol. The fourth-order valence-corrected chi connectivity index (χ4v) is 5.02. The Bertz CT molecular complexity index is 1040. The second-order valence-corrected chi connectivity index (χ2v) is 9.19. The molecule has 0 radical (unpaired) electrons. The maximum absolute atomic E-state index is 14.5. The largest absolute Gasteiger partial charge is 0.466 e. The molecule has 0 N–H and O–H groups in total. The number of carbonyl (C=O) groups excluding carboxylic acids is 2. The lowest BCUT2D eigenvalue weighted by Gasteiger charge is -2.30. The molecule has 2 aliphatic carbocycles. The van der Waals surface area contributed by atoms with Crippen LogP contribution in [0.25, 0.3) is 6.08 Å². The van der Waals surface area contributed by atoms with Gasteiger partial charge in [-0.05, 0) is 78.6 Å². The molecule has 2 aliphatic rings. The molecule has 31 heavy (non-hydrogen) atoms. The number of benzene rings is 2. The lowest BCUT2D eigenvalue weighted by Crippen LogP contribution is -2.38. The number of rotatable bonds is 6. The van der Waals surface area contributed by atoms with Gasteiger partial charge in [0, 0.05) is 22.2 Å². The van der Waals surface area contributed by atoms with Gasteiger partial charge >= 0.3 is 5.97 Å². The maximum Gasteiger partial charge on any atom is 0.330 e. The Morgan fingerprint density at radius 1 is 1.23 bits per heavy atom. The van der Waals surface area contributed by atoms with Gasteiger partial charge in [0.2, 0.25) is 5.91 Å². The number of carbonyl (C=O) groups is 2. The minimum Gasteiger partial charge on any atom is -0.466 e. The highest BCUT2D eigenvalue weighted by Gasteiger charge is 2.44. The van der Waals surface area contributed by atoms with Gasteiger partial charge in [0.05, 0.1) is 15.0 Å². The molecule has 162 valence electrons. The zero-order valence-electron chi connectivity index (χ0n) is 18.3. The van der Waals surface area contributed by atoms with Gasteiger partial charge in [-0.1, -0.05) is 34.5 Å². The number of ether oxygens (including phenoxy) is 1. The summed E-state index contributed by atoms with van der Waals surface area (Å²) in [5.41, 5.74) is 1.37. The normalized spacial score (nSPS) is 23.6. The molecule has 2 saturated carbocycles. The summed E-state index contributed by atoms with van der Waals surface area (Å²) >= 11 is 3.40. The first-order chi connectivity index (χ1) is 15.4. The highest BCUT2D eigenvalue weighted by molar-refractivity contribution is 9.10. The van der Waals surface area contributed by atoms with Crippen molar-refractivity contribution in [2.24, 2.45) is 17.8 Å². The number of hydrogen-bond donors (Lipinski definition) is 0. The third kappa shape index (κ3) is 5.06. The van der Waals surface area contributed by atoms with Crippen LogP contribution in [0.15, 0.2) is 53.0 Å². The third-order valence-electron chi connectivity index (χ3n) is 6.24. The Labute approximate surface area is 191 Å². The number of halogens is 2. The number of anilines is 1. The molecular formula is C25H25BrFNO3. The van der Waals surface area contributed by atoms with E-state index >= 15 is 0 Å². The van der Waals surface area contributed by atoms with Gasteiger partial charge < -0.3 is 9.64 Å². The number of hydrogen-bond acceptors (Lipinski definition) is 3. The number of fused-ring (bicyclic) bond motifs is 2. The fraction of sp³-hybridized carbons (Fsp3) is 0.360. The minimum absolute atomic E-state index is 0.131. The summed E-state index contributed by atoms with van der Waals surface area (Å²) in [6, 6.07) is 11.4. The van der Waals surface area contributed by atoms with Crippen molar-refractivity contribution in [2.75, 3.05) is 12.0 Å². The Balaban J connectivity index is 1.72. The lowest BCUT2D eigenvalue weighted by atomic mass is 9.87. The van der Waals surface area contributed by atoms with Gasteiger partial charge in [-0.25, -0.2) is 9.18 Å². The van der Waals surface area contributed by atoms with Crippen molar-refractivity contribution < 1.29 is 20.1 Å². The van der Waals surface area contributed by atoms with Crippen LogP contribution in [0.2, 0.25) is 0 Å². The summed E-state index contributed by atoms with van der Waals surface area (Å²) in [6.07, 6.45) is 6.73. The minimum atomic E-state index is -1.02. The summed E-state index contributed by atoms with van der Waals surface area (Å²) in [6.45, 7) is -1.02. The van der Waals surface area contributed by atoms with Gasteiger partial charge in [-0.2, -0.15) is 0 Å². The van der Waals surface area contributed by atoms with Gasteiger partial charge in [0.15, 0.2) is 0 Å². The molecule has 0 aromatic heterocycles. The van der Waals surface area contributed by atoms with Crippen molar-refractivity contribution in [2.45, 2.75) is 32.2 Å². The van der Waals surface area contributed by atoms with Crippen molar-refractivity contribution in [3.8, 4) is 0 Å². The van der Waals surface area contributed by atoms with Gasteiger partial charge in [-0.15, -0.1) is 0 Å². The molecule has 6 heteroatoms. The highest BCUT2D eigenvalue weighted by atomic mass is 79.9. The molecule has 4 rings (SSSR count). The first-order valence-electron chi connectivity index (χ1n) is 11.0. The summed E-state index contributed by atoms with van der Waals surface area (Å²) in [4.78, 5) is 26.6. The Morgan fingerprint density at radius 2 is 2.00 bits per heavy atom. The van der Waals surface area contributed by atoms with Gasteiger partial charge in [-0.3, -0.25) is 4.79 Å². The van der Waals surface area contributed by atoms with Crippen molar-refractivity contribution in [1.82, 2.24) is 0 Å². The van der Waals surface area contributed by atoms with E-state index in [0.717, 1.165) is 30.2 Å². The van der Waals surface area contributed by atoms with Crippen LogP contribution < -0.4 is 4.90 Å². The molecule has 4 atom stereocenters. The number of amides is 1. The molecule has 0 saturated heterocycles. The number of methoxy groups -OCH3 is 1. The van der Waals surface area contributed by atoms with E-state index in [-0.39, 0.29) is 11.8 Å². The van der Waals surface area contributed by atoms with E-state index < -0.39 is 18.3 Å². The van der Waals surface area contributed by atoms with E-state index in [1.807, 2.05) is 12.1 Å². The van der Waals surface area contributed by atoms with Crippen LogP contribution in [-0.4, -0.2) is 19.0 Å². The van der Waals surface area contributed by atoms with Crippen LogP contribution in [0.5, 0.6) is 0 Å². The van der Waals surface area contributed by atoms with E-state index in [4.69, 9.17) is 1.37 Å². The molecule has 1 amide bonds. The molecule has 2 aromatic rings. The van der Waals surface area contributed by atoms with E-state index in [1.54, 1.807) is 18.2 Å². The summed E-state index contributed by atoms with van der Waals surface area (Å²) in [5, 5.41) is 0. The molecule has 2 bridgehead atoms. The molecule has 4 nitrogen and oxygen atoms in total. The third-order valence-corrected chi connectivity index (χ3v) is 6.77. The SMILES string of the molecule is [2H]C(c1ccc(Br)cc1)N(C(=O)C1CC2CCC1C2)c1cc(F)cc(/C=C/C(=O)OC)c1. The topological polar surface area (TPSA) is 46.6 Å². The predicted octanol–water partition coefficient (Wildman–Crippen LogP) is 5.74. The van der Waals surface area contributed by atoms with Gasteiger partial charge in [0.1, 0.15) is 5.82 Å². The van der Waals surface area contributed by atoms with E-state index in [1.165, 1.54) is 36.3 Å². The van der Waals surface area contributed by atoms with Crippen LogP contribution in [-0.2, 0) is 20.8 Å². The zero-order valence-corrected chi connectivity index (χ0v) is 18.8. The smallest absolute Gasteiger partial charge is 0.330 e. The number of esters is 1. The van der Waals surface area contributed by atoms with Crippen LogP contribution in [0, 0.1) is 23.6 Å². The maximum atomic E-state index is 14.5. The average molecular weight is 487 g/mol. The summed E-state index contributed by atoms with van der Waals surface area (Å²) in [5.74, 6) is -0.471. The Morgan fingerprint density at radius 3 is 2.65 bits per heavy atom. The van der Waals surface area contributed by atoms with E-state index in [2.05, 4.69) is 20.7 Å². The second kappa shape index (κ2) is 9.35. The van der Waals surface area contributed by atoms with Crippen LogP contribution >= 0.6 is 15.9 Å². The molecule has 0 aliphatic heterocycles. The first-order valence-corrected chi connectivity index (χ1v) is 11.2. The van der Waals surface area contributed by atoms with Crippen LogP contribution in [0.3, 0.4) is 0 Å². The lowest BCUT2D eigenvalue weighted by molar-refractivity contribution is -0.134. The standard InChI is InChI=1S/C25H25BrFNO3/c1-31-24(29)9-5-18-11-21(27)14-22(12-18)28(15-16-3-7-20(26)8-4-16)25(30)23-13-17-2-6-19(23)10-17/h3-5,7-9,11-12,14,17,19,23H,2,6,10,13,15H2,1H3/b9-5+/i15D. The summed E-state index contributed by atoms with van der Waals surface area (Å²) < 4.78 is 28.9. The highest BCUT2D eigenvalue weighted by Crippen LogP contribution is 2.49. The molecule has 2 aromatic carbocycles.